The third kappa shape index (κ3) is 3.04. The standard InChI is InChI=1S/C15H11Cl2FN2/c1-15(9-19,13-7-4-11(18)8-14(13)17)20-12-5-2-10(16)3-6-12/h2-8,20H,1H3. The smallest absolute Gasteiger partial charge is 0.149 e. The number of halogens is 3. The van der Waals surface area contributed by atoms with Crippen molar-refractivity contribution in [3.05, 3.63) is 63.9 Å². The Morgan fingerprint density at radius 3 is 2.35 bits per heavy atom. The fourth-order valence-corrected chi connectivity index (χ4v) is 2.35. The van der Waals surface area contributed by atoms with Crippen LogP contribution in [0.2, 0.25) is 10.0 Å². The number of nitriles is 1. The van der Waals surface area contributed by atoms with E-state index >= 15 is 0 Å². The summed E-state index contributed by atoms with van der Waals surface area (Å²) in [7, 11) is 0. The molecular weight excluding hydrogens is 298 g/mol. The Morgan fingerprint density at radius 2 is 1.80 bits per heavy atom. The first-order valence-corrected chi connectivity index (χ1v) is 6.61. The molecule has 0 saturated heterocycles. The summed E-state index contributed by atoms with van der Waals surface area (Å²) in [4.78, 5) is 0. The lowest BCUT2D eigenvalue weighted by atomic mass is 9.93. The van der Waals surface area contributed by atoms with E-state index in [0.717, 1.165) is 5.69 Å². The van der Waals surface area contributed by atoms with Gasteiger partial charge in [0, 0.05) is 16.3 Å². The van der Waals surface area contributed by atoms with E-state index in [4.69, 9.17) is 23.2 Å². The molecule has 0 heterocycles. The van der Waals surface area contributed by atoms with Gasteiger partial charge < -0.3 is 5.32 Å². The normalized spacial score (nSPS) is 13.3. The predicted octanol–water partition coefficient (Wildman–Crippen LogP) is 4.98. The molecule has 0 spiro atoms. The predicted molar refractivity (Wildman–Crippen MR) is 79.4 cm³/mol. The van der Waals surface area contributed by atoms with E-state index in [-0.39, 0.29) is 5.02 Å². The van der Waals surface area contributed by atoms with Gasteiger partial charge in [-0.05, 0) is 43.3 Å². The van der Waals surface area contributed by atoms with Crippen molar-refractivity contribution in [2.45, 2.75) is 12.5 Å². The van der Waals surface area contributed by atoms with Crippen molar-refractivity contribution >= 4 is 28.9 Å². The summed E-state index contributed by atoms with van der Waals surface area (Å²) in [5.41, 5.74) is 0.162. The molecule has 102 valence electrons. The van der Waals surface area contributed by atoms with Crippen molar-refractivity contribution in [2.75, 3.05) is 5.32 Å². The number of anilines is 1. The minimum atomic E-state index is -1.07. The molecule has 0 aromatic heterocycles. The minimum Gasteiger partial charge on any atom is -0.364 e. The van der Waals surface area contributed by atoms with Crippen LogP contribution < -0.4 is 5.32 Å². The van der Waals surface area contributed by atoms with Crippen molar-refractivity contribution in [1.82, 2.24) is 0 Å². The number of hydrogen-bond acceptors (Lipinski definition) is 2. The van der Waals surface area contributed by atoms with E-state index < -0.39 is 11.4 Å². The molecule has 0 radical (unpaired) electrons. The monoisotopic (exact) mass is 308 g/mol. The highest BCUT2D eigenvalue weighted by molar-refractivity contribution is 6.31. The Hall–Kier alpha value is -1.76. The van der Waals surface area contributed by atoms with Crippen LogP contribution in [0.3, 0.4) is 0 Å². The van der Waals surface area contributed by atoms with E-state index in [9.17, 15) is 9.65 Å². The third-order valence-corrected chi connectivity index (χ3v) is 3.50. The minimum absolute atomic E-state index is 0.204. The van der Waals surface area contributed by atoms with Gasteiger partial charge in [0.2, 0.25) is 0 Å². The van der Waals surface area contributed by atoms with Crippen molar-refractivity contribution in [3.8, 4) is 6.07 Å². The van der Waals surface area contributed by atoms with Gasteiger partial charge in [-0.2, -0.15) is 5.26 Å². The van der Waals surface area contributed by atoms with E-state index in [0.29, 0.717) is 10.6 Å². The van der Waals surface area contributed by atoms with Crippen LogP contribution in [0.25, 0.3) is 0 Å². The Balaban J connectivity index is 2.38. The highest BCUT2D eigenvalue weighted by atomic mass is 35.5. The lowest BCUT2D eigenvalue weighted by Gasteiger charge is -2.26. The zero-order chi connectivity index (χ0) is 14.8. The molecule has 0 amide bonds. The van der Waals surface area contributed by atoms with Crippen LogP contribution in [0, 0.1) is 17.1 Å². The molecule has 1 unspecified atom stereocenters. The second kappa shape index (κ2) is 5.70. The summed E-state index contributed by atoms with van der Waals surface area (Å²) in [5, 5.41) is 13.3. The number of benzene rings is 2. The molecule has 0 aliphatic carbocycles. The average Bonchev–Trinajstić information content (AvgIpc) is 2.41. The second-order valence-electron chi connectivity index (χ2n) is 4.49. The largest absolute Gasteiger partial charge is 0.364 e. The Bertz CT molecular complexity index is 665. The summed E-state index contributed by atoms with van der Waals surface area (Å²) < 4.78 is 13.1. The number of rotatable bonds is 3. The van der Waals surface area contributed by atoms with E-state index in [2.05, 4.69) is 11.4 Å². The Morgan fingerprint density at radius 1 is 1.15 bits per heavy atom. The topological polar surface area (TPSA) is 35.8 Å². The van der Waals surface area contributed by atoms with Crippen LogP contribution in [-0.4, -0.2) is 0 Å². The maximum Gasteiger partial charge on any atom is 0.149 e. The zero-order valence-electron chi connectivity index (χ0n) is 10.6. The summed E-state index contributed by atoms with van der Waals surface area (Å²) in [6.45, 7) is 1.68. The van der Waals surface area contributed by atoms with Crippen molar-refractivity contribution < 1.29 is 4.39 Å². The van der Waals surface area contributed by atoms with Crippen LogP contribution in [0.1, 0.15) is 12.5 Å². The summed E-state index contributed by atoms with van der Waals surface area (Å²) in [5.74, 6) is -0.439. The quantitative estimate of drug-likeness (QED) is 0.867. The van der Waals surface area contributed by atoms with Crippen LogP contribution in [0.5, 0.6) is 0 Å². The molecular formula is C15H11Cl2FN2. The van der Waals surface area contributed by atoms with E-state index in [1.807, 2.05) is 0 Å². The first-order valence-electron chi connectivity index (χ1n) is 5.85. The van der Waals surface area contributed by atoms with Gasteiger partial charge in [0.1, 0.15) is 11.4 Å². The zero-order valence-corrected chi connectivity index (χ0v) is 12.1. The molecule has 0 saturated carbocycles. The molecule has 2 nitrogen and oxygen atoms in total. The third-order valence-electron chi connectivity index (χ3n) is 2.93. The molecule has 1 atom stereocenters. The summed E-state index contributed by atoms with van der Waals surface area (Å²) in [6.07, 6.45) is 0. The highest BCUT2D eigenvalue weighted by Crippen LogP contribution is 2.31. The molecule has 2 aromatic carbocycles. The van der Waals surface area contributed by atoms with E-state index in [1.165, 1.54) is 18.2 Å². The number of nitrogens with one attached hydrogen (secondary N) is 1. The molecule has 2 rings (SSSR count). The second-order valence-corrected chi connectivity index (χ2v) is 5.34. The van der Waals surface area contributed by atoms with Gasteiger partial charge in [-0.25, -0.2) is 4.39 Å². The van der Waals surface area contributed by atoms with E-state index in [1.54, 1.807) is 31.2 Å². The van der Waals surface area contributed by atoms with Crippen LogP contribution >= 0.6 is 23.2 Å². The van der Waals surface area contributed by atoms with Gasteiger partial charge in [-0.3, -0.25) is 0 Å². The van der Waals surface area contributed by atoms with Gasteiger partial charge in [0.15, 0.2) is 0 Å². The first-order chi connectivity index (χ1) is 9.44. The lowest BCUT2D eigenvalue weighted by molar-refractivity contribution is 0.623. The maximum atomic E-state index is 13.1. The lowest BCUT2D eigenvalue weighted by Crippen LogP contribution is -2.30. The molecule has 20 heavy (non-hydrogen) atoms. The SMILES string of the molecule is CC(C#N)(Nc1ccc(Cl)cc1)c1ccc(F)cc1Cl. The van der Waals surface area contributed by atoms with Crippen LogP contribution in [0.4, 0.5) is 10.1 Å². The van der Waals surface area contributed by atoms with Crippen molar-refractivity contribution in [3.63, 3.8) is 0 Å². The molecule has 0 aliphatic rings. The van der Waals surface area contributed by atoms with Gasteiger partial charge in [0.25, 0.3) is 0 Å². The first kappa shape index (κ1) is 14.6. The van der Waals surface area contributed by atoms with Gasteiger partial charge in [-0.15, -0.1) is 0 Å². The van der Waals surface area contributed by atoms with Gasteiger partial charge in [0.05, 0.1) is 11.1 Å². The molecule has 1 N–H and O–H groups in total. The van der Waals surface area contributed by atoms with Crippen LogP contribution in [-0.2, 0) is 5.54 Å². The average molecular weight is 309 g/mol. The van der Waals surface area contributed by atoms with Crippen molar-refractivity contribution in [1.29, 1.82) is 5.26 Å². The fraction of sp³-hybridized carbons (Fsp3) is 0.133. The maximum absolute atomic E-state index is 13.1. The van der Waals surface area contributed by atoms with Gasteiger partial charge >= 0.3 is 0 Å². The number of hydrogen-bond donors (Lipinski definition) is 1. The Labute approximate surface area is 126 Å². The van der Waals surface area contributed by atoms with Gasteiger partial charge in [-0.1, -0.05) is 29.3 Å². The molecule has 2 aromatic rings. The highest BCUT2D eigenvalue weighted by Gasteiger charge is 2.28. The molecule has 5 heteroatoms. The fourth-order valence-electron chi connectivity index (χ4n) is 1.87. The summed E-state index contributed by atoms with van der Waals surface area (Å²) >= 11 is 11.9. The van der Waals surface area contributed by atoms with Crippen molar-refractivity contribution in [2.24, 2.45) is 0 Å². The molecule has 0 bridgehead atoms. The molecule has 0 fully saturated rings. The Kier molecular flexibility index (Phi) is 4.17. The number of nitrogens with zero attached hydrogens (tertiary/aromatic N) is 1. The van der Waals surface area contributed by atoms with Crippen LogP contribution in [0.15, 0.2) is 42.5 Å². The molecule has 0 aliphatic heterocycles. The summed E-state index contributed by atoms with van der Waals surface area (Å²) in [6, 6.07) is 13.1.